The van der Waals surface area contributed by atoms with Gasteiger partial charge in [0.25, 0.3) is 0 Å². The number of rotatable bonds is 9. The fourth-order valence-corrected chi connectivity index (χ4v) is 2.99. The molecule has 1 saturated carbocycles. The molecule has 3 heteroatoms. The van der Waals surface area contributed by atoms with Crippen molar-refractivity contribution in [3.63, 3.8) is 0 Å². The molecule has 1 aliphatic carbocycles. The number of unbranched alkanes of at least 4 members (excludes halogenated alkanes) is 1. The quantitative estimate of drug-likeness (QED) is 0.633. The molecule has 19 heavy (non-hydrogen) atoms. The lowest BCUT2D eigenvalue weighted by Crippen LogP contribution is -2.49. The van der Waals surface area contributed by atoms with Gasteiger partial charge in [0.2, 0.25) is 0 Å². The second-order valence-electron chi connectivity index (χ2n) is 6.61. The molecule has 0 aliphatic heterocycles. The molecule has 0 aromatic carbocycles. The van der Waals surface area contributed by atoms with Gasteiger partial charge in [-0.25, -0.2) is 0 Å². The fraction of sp³-hybridized carbons (Fsp3) is 1.00. The van der Waals surface area contributed by atoms with Crippen LogP contribution in [-0.4, -0.2) is 36.0 Å². The van der Waals surface area contributed by atoms with Crippen LogP contribution in [0.5, 0.6) is 0 Å². The molecule has 1 atom stereocenters. The van der Waals surface area contributed by atoms with E-state index in [9.17, 15) is 5.11 Å². The molecule has 0 heterocycles. The first-order valence-electron chi connectivity index (χ1n) is 8.06. The van der Waals surface area contributed by atoms with Crippen LogP contribution < -0.4 is 5.32 Å². The Labute approximate surface area is 119 Å². The van der Waals surface area contributed by atoms with Gasteiger partial charge in [-0.3, -0.25) is 0 Å². The number of hydrogen-bond acceptors (Lipinski definition) is 3. The summed E-state index contributed by atoms with van der Waals surface area (Å²) < 4.78 is 5.93. The van der Waals surface area contributed by atoms with Gasteiger partial charge in [-0.1, -0.05) is 33.1 Å². The van der Waals surface area contributed by atoms with Crippen molar-refractivity contribution in [3.8, 4) is 0 Å². The number of nitrogens with one attached hydrogen (secondary N) is 1. The Morgan fingerprint density at radius 3 is 2.47 bits per heavy atom. The van der Waals surface area contributed by atoms with Gasteiger partial charge in [-0.15, -0.1) is 0 Å². The molecule has 3 nitrogen and oxygen atoms in total. The second-order valence-corrected chi connectivity index (χ2v) is 6.61. The van der Waals surface area contributed by atoms with Gasteiger partial charge in [0.15, 0.2) is 0 Å². The van der Waals surface area contributed by atoms with E-state index in [1.54, 1.807) is 0 Å². The molecule has 0 aromatic rings. The van der Waals surface area contributed by atoms with E-state index in [0.717, 1.165) is 25.9 Å². The standard InChI is InChI=1S/C16H33NO2/c1-14(2)17-16(3,13-18)11-7-8-12-19-15-9-5-4-6-10-15/h14-15,17-18H,4-13H2,1-3H3. The Kier molecular flexibility index (Phi) is 7.96. The predicted octanol–water partition coefficient (Wildman–Crippen LogP) is 3.26. The summed E-state index contributed by atoms with van der Waals surface area (Å²) in [5.41, 5.74) is -0.140. The third kappa shape index (κ3) is 7.28. The number of aliphatic hydroxyl groups is 1. The SMILES string of the molecule is CC(C)NC(C)(CO)CCCCOC1CCCCC1. The summed E-state index contributed by atoms with van der Waals surface area (Å²) in [5, 5.41) is 13.0. The third-order valence-corrected chi connectivity index (χ3v) is 4.01. The molecule has 1 rings (SSSR count). The summed E-state index contributed by atoms with van der Waals surface area (Å²) in [6.07, 6.45) is 10.3. The van der Waals surface area contributed by atoms with Crippen molar-refractivity contribution >= 4 is 0 Å². The largest absolute Gasteiger partial charge is 0.394 e. The van der Waals surface area contributed by atoms with E-state index in [4.69, 9.17) is 4.74 Å². The maximum absolute atomic E-state index is 9.50. The first-order valence-corrected chi connectivity index (χ1v) is 8.06. The van der Waals surface area contributed by atoms with Crippen molar-refractivity contribution in [2.45, 2.75) is 89.8 Å². The van der Waals surface area contributed by atoms with Crippen LogP contribution in [0.4, 0.5) is 0 Å². The molecule has 114 valence electrons. The Hall–Kier alpha value is -0.120. The zero-order valence-corrected chi connectivity index (χ0v) is 13.1. The Morgan fingerprint density at radius 1 is 1.21 bits per heavy atom. The number of ether oxygens (including phenoxy) is 1. The van der Waals surface area contributed by atoms with E-state index in [-0.39, 0.29) is 12.1 Å². The van der Waals surface area contributed by atoms with Crippen molar-refractivity contribution in [2.24, 2.45) is 0 Å². The minimum Gasteiger partial charge on any atom is -0.394 e. The Morgan fingerprint density at radius 2 is 1.89 bits per heavy atom. The number of aliphatic hydroxyl groups excluding tert-OH is 1. The maximum atomic E-state index is 9.50. The minimum absolute atomic E-state index is 0.140. The summed E-state index contributed by atoms with van der Waals surface area (Å²) in [7, 11) is 0. The fourth-order valence-electron chi connectivity index (χ4n) is 2.99. The third-order valence-electron chi connectivity index (χ3n) is 4.01. The molecule has 1 fully saturated rings. The Balaban J connectivity index is 2.08. The van der Waals surface area contributed by atoms with Gasteiger partial charge in [-0.2, -0.15) is 0 Å². The van der Waals surface area contributed by atoms with E-state index in [1.807, 2.05) is 0 Å². The van der Waals surface area contributed by atoms with Crippen molar-refractivity contribution in [1.82, 2.24) is 5.32 Å². The van der Waals surface area contributed by atoms with Crippen LogP contribution in [0, 0.1) is 0 Å². The zero-order chi connectivity index (χ0) is 14.1. The van der Waals surface area contributed by atoms with Gasteiger partial charge in [0, 0.05) is 18.2 Å². The number of hydrogen-bond donors (Lipinski definition) is 2. The highest BCUT2D eigenvalue weighted by Crippen LogP contribution is 2.21. The van der Waals surface area contributed by atoms with E-state index >= 15 is 0 Å². The predicted molar refractivity (Wildman–Crippen MR) is 80.4 cm³/mol. The van der Waals surface area contributed by atoms with E-state index in [2.05, 4.69) is 26.1 Å². The highest BCUT2D eigenvalue weighted by molar-refractivity contribution is 4.83. The average Bonchev–Trinajstić information content (AvgIpc) is 2.39. The minimum atomic E-state index is -0.140. The second kappa shape index (κ2) is 8.93. The normalized spacial score (nSPS) is 20.7. The molecule has 0 saturated heterocycles. The molecule has 0 amide bonds. The van der Waals surface area contributed by atoms with Crippen molar-refractivity contribution in [2.75, 3.05) is 13.2 Å². The van der Waals surface area contributed by atoms with Gasteiger partial charge in [0.05, 0.1) is 12.7 Å². The van der Waals surface area contributed by atoms with Crippen molar-refractivity contribution < 1.29 is 9.84 Å². The van der Waals surface area contributed by atoms with Crippen LogP contribution in [0.1, 0.15) is 72.1 Å². The first-order chi connectivity index (χ1) is 9.06. The van der Waals surface area contributed by atoms with Crippen LogP contribution in [0.3, 0.4) is 0 Å². The summed E-state index contributed by atoms with van der Waals surface area (Å²) in [5.74, 6) is 0. The van der Waals surface area contributed by atoms with Gasteiger partial charge in [0.1, 0.15) is 0 Å². The van der Waals surface area contributed by atoms with E-state index in [0.29, 0.717) is 12.1 Å². The lowest BCUT2D eigenvalue weighted by molar-refractivity contribution is 0.0250. The molecule has 0 radical (unpaired) electrons. The summed E-state index contributed by atoms with van der Waals surface area (Å²) in [6, 6.07) is 0.413. The summed E-state index contributed by atoms with van der Waals surface area (Å²) in [6.45, 7) is 7.44. The van der Waals surface area contributed by atoms with Crippen LogP contribution in [-0.2, 0) is 4.74 Å². The molecule has 0 bridgehead atoms. The summed E-state index contributed by atoms with van der Waals surface area (Å²) >= 11 is 0. The lowest BCUT2D eigenvalue weighted by Gasteiger charge is -2.31. The van der Waals surface area contributed by atoms with Gasteiger partial charge in [-0.05, 0) is 39.0 Å². The molecule has 1 aliphatic rings. The molecule has 0 aromatic heterocycles. The topological polar surface area (TPSA) is 41.5 Å². The monoisotopic (exact) mass is 271 g/mol. The molecular weight excluding hydrogens is 238 g/mol. The van der Waals surface area contributed by atoms with Crippen molar-refractivity contribution in [1.29, 1.82) is 0 Å². The van der Waals surface area contributed by atoms with E-state index in [1.165, 1.54) is 32.1 Å². The highest BCUT2D eigenvalue weighted by atomic mass is 16.5. The Bertz CT molecular complexity index is 227. The molecular formula is C16H33NO2. The maximum Gasteiger partial charge on any atom is 0.0610 e. The molecule has 2 N–H and O–H groups in total. The highest BCUT2D eigenvalue weighted by Gasteiger charge is 2.23. The van der Waals surface area contributed by atoms with Gasteiger partial charge < -0.3 is 15.2 Å². The van der Waals surface area contributed by atoms with Crippen molar-refractivity contribution in [3.05, 3.63) is 0 Å². The van der Waals surface area contributed by atoms with Gasteiger partial charge >= 0.3 is 0 Å². The average molecular weight is 271 g/mol. The van der Waals surface area contributed by atoms with Crippen LogP contribution in [0.2, 0.25) is 0 Å². The van der Waals surface area contributed by atoms with Crippen LogP contribution in [0.25, 0.3) is 0 Å². The zero-order valence-electron chi connectivity index (χ0n) is 13.1. The first kappa shape index (κ1) is 16.9. The van der Waals surface area contributed by atoms with E-state index < -0.39 is 0 Å². The smallest absolute Gasteiger partial charge is 0.0610 e. The van der Waals surface area contributed by atoms with Crippen LogP contribution >= 0.6 is 0 Å². The van der Waals surface area contributed by atoms with Crippen LogP contribution in [0.15, 0.2) is 0 Å². The molecule has 0 spiro atoms. The molecule has 1 unspecified atom stereocenters. The summed E-state index contributed by atoms with van der Waals surface area (Å²) in [4.78, 5) is 0. The lowest BCUT2D eigenvalue weighted by atomic mass is 9.95.